The van der Waals surface area contributed by atoms with Gasteiger partial charge in [-0.2, -0.15) is 0 Å². The summed E-state index contributed by atoms with van der Waals surface area (Å²) in [6, 6.07) is 12.6. The molecule has 1 aromatic carbocycles. The van der Waals surface area contributed by atoms with Gasteiger partial charge < -0.3 is 24.4 Å². The number of hydrogen-bond donors (Lipinski definition) is 1. The highest BCUT2D eigenvalue weighted by molar-refractivity contribution is 5.77. The second-order valence-corrected chi connectivity index (χ2v) is 7.77. The maximum atomic E-state index is 12.5. The molecule has 1 saturated heterocycles. The van der Waals surface area contributed by atoms with Gasteiger partial charge in [-0.25, -0.2) is 9.59 Å². The summed E-state index contributed by atoms with van der Waals surface area (Å²) < 4.78 is 11.3. The number of carboxylic acids is 1. The summed E-state index contributed by atoms with van der Waals surface area (Å²) in [4.78, 5) is 31.5. The van der Waals surface area contributed by atoms with Crippen molar-refractivity contribution in [1.82, 2.24) is 14.8 Å². The van der Waals surface area contributed by atoms with Gasteiger partial charge in [-0.3, -0.25) is 4.98 Å². The Morgan fingerprint density at radius 1 is 1.20 bits per heavy atom. The van der Waals surface area contributed by atoms with Crippen LogP contribution in [0, 0.1) is 0 Å². The molecule has 8 nitrogen and oxygen atoms in total. The van der Waals surface area contributed by atoms with Crippen LogP contribution in [0.4, 0.5) is 4.79 Å². The molecule has 1 aliphatic heterocycles. The number of nitrogens with zero attached hydrogens (tertiary/aromatic N) is 3. The maximum Gasteiger partial charge on any atom is 0.347 e. The molecule has 2 amide bonds. The molecule has 0 radical (unpaired) electrons. The lowest BCUT2D eigenvalue weighted by molar-refractivity contribution is -0.152. The summed E-state index contributed by atoms with van der Waals surface area (Å²) in [7, 11) is 1.81. The zero-order valence-corrected chi connectivity index (χ0v) is 17.4. The average Bonchev–Trinajstić information content (AvgIpc) is 2.98. The number of carbonyl (C=O) groups is 2. The van der Waals surface area contributed by atoms with E-state index in [0.717, 1.165) is 5.69 Å². The third-order valence-corrected chi connectivity index (χ3v) is 5.06. The number of benzene rings is 1. The van der Waals surface area contributed by atoms with E-state index in [-0.39, 0.29) is 12.1 Å². The molecule has 8 heteroatoms. The van der Waals surface area contributed by atoms with Gasteiger partial charge in [-0.15, -0.1) is 0 Å². The summed E-state index contributed by atoms with van der Waals surface area (Å²) in [5.41, 5.74) is -0.437. The topological polar surface area (TPSA) is 92.2 Å². The van der Waals surface area contributed by atoms with E-state index in [1.54, 1.807) is 40.3 Å². The lowest BCUT2D eigenvalue weighted by Gasteiger charge is -2.21. The first-order valence-electron chi connectivity index (χ1n) is 9.83. The highest BCUT2D eigenvalue weighted by Crippen LogP contribution is 2.23. The van der Waals surface area contributed by atoms with Gasteiger partial charge in [0.15, 0.2) is 5.60 Å². The van der Waals surface area contributed by atoms with Gasteiger partial charge in [0.25, 0.3) is 0 Å². The minimum absolute atomic E-state index is 0.00630. The second-order valence-electron chi connectivity index (χ2n) is 7.77. The lowest BCUT2D eigenvalue weighted by Crippen LogP contribution is -2.37. The normalized spacial score (nSPS) is 16.6. The number of aromatic nitrogens is 1. The molecule has 0 aliphatic carbocycles. The van der Waals surface area contributed by atoms with Gasteiger partial charge >= 0.3 is 12.0 Å². The van der Waals surface area contributed by atoms with Gasteiger partial charge in [-0.1, -0.05) is 6.07 Å². The number of urea groups is 1. The van der Waals surface area contributed by atoms with E-state index in [1.165, 1.54) is 13.8 Å². The molecule has 2 heterocycles. The number of aliphatic carboxylic acids is 1. The van der Waals surface area contributed by atoms with Crippen molar-refractivity contribution in [2.45, 2.75) is 38.5 Å². The van der Waals surface area contributed by atoms with Crippen LogP contribution in [0.5, 0.6) is 11.5 Å². The summed E-state index contributed by atoms with van der Waals surface area (Å²) in [5, 5.41) is 9.13. The highest BCUT2D eigenvalue weighted by atomic mass is 16.5. The van der Waals surface area contributed by atoms with Crippen molar-refractivity contribution >= 4 is 12.0 Å². The number of rotatable bonds is 9. The Hall–Kier alpha value is -3.29. The van der Waals surface area contributed by atoms with Crippen molar-refractivity contribution in [3.8, 4) is 11.5 Å². The predicted octanol–water partition coefficient (Wildman–Crippen LogP) is 3.03. The fourth-order valence-corrected chi connectivity index (χ4v) is 3.19. The smallest absolute Gasteiger partial charge is 0.347 e. The molecule has 1 unspecified atom stereocenters. The molecule has 0 saturated carbocycles. The van der Waals surface area contributed by atoms with E-state index in [0.29, 0.717) is 37.6 Å². The van der Waals surface area contributed by atoms with Gasteiger partial charge in [0, 0.05) is 26.2 Å². The second kappa shape index (κ2) is 9.02. The van der Waals surface area contributed by atoms with Crippen LogP contribution in [-0.2, 0) is 11.3 Å². The fourth-order valence-electron chi connectivity index (χ4n) is 3.19. The molecule has 0 bridgehead atoms. The number of hydrogen-bond acceptors (Lipinski definition) is 5. The molecule has 30 heavy (non-hydrogen) atoms. The summed E-state index contributed by atoms with van der Waals surface area (Å²) in [5.74, 6) is 0.0870. The monoisotopic (exact) mass is 413 g/mol. The van der Waals surface area contributed by atoms with Crippen LogP contribution in [0.15, 0.2) is 48.7 Å². The third-order valence-electron chi connectivity index (χ3n) is 5.06. The maximum absolute atomic E-state index is 12.5. The first kappa shape index (κ1) is 21.4. The van der Waals surface area contributed by atoms with E-state index >= 15 is 0 Å². The number of carbonyl (C=O) groups excluding carboxylic acids is 1. The molecule has 1 atom stereocenters. The standard InChI is InChI=1S/C22H27N3O5/c1-22(2,20(26)27)30-19-9-7-18(8-10-19)29-13-11-17-15-25(21(28)24(17)3)14-16-6-4-5-12-23-16/h4-10,12,17H,11,13-15H2,1-3H3,(H,26,27). The van der Waals surface area contributed by atoms with E-state index < -0.39 is 11.6 Å². The number of pyridine rings is 1. The molecular formula is C22H27N3O5. The quantitative estimate of drug-likeness (QED) is 0.679. The van der Waals surface area contributed by atoms with Crippen LogP contribution in [0.25, 0.3) is 0 Å². The van der Waals surface area contributed by atoms with Crippen LogP contribution in [0.3, 0.4) is 0 Å². The van der Waals surface area contributed by atoms with Crippen molar-refractivity contribution in [3.05, 3.63) is 54.4 Å². The van der Waals surface area contributed by atoms with Gasteiger partial charge in [0.05, 0.1) is 24.9 Å². The summed E-state index contributed by atoms with van der Waals surface area (Å²) in [6.07, 6.45) is 2.43. The Morgan fingerprint density at radius 3 is 2.53 bits per heavy atom. The molecule has 1 N–H and O–H groups in total. The van der Waals surface area contributed by atoms with Crippen LogP contribution < -0.4 is 9.47 Å². The molecule has 160 valence electrons. The summed E-state index contributed by atoms with van der Waals surface area (Å²) in [6.45, 7) is 4.58. The minimum atomic E-state index is -1.30. The fraction of sp³-hybridized carbons (Fsp3) is 0.409. The zero-order valence-electron chi connectivity index (χ0n) is 17.4. The largest absolute Gasteiger partial charge is 0.494 e. The zero-order chi connectivity index (χ0) is 21.7. The lowest BCUT2D eigenvalue weighted by atomic mass is 10.1. The van der Waals surface area contributed by atoms with Crippen molar-refractivity contribution in [3.63, 3.8) is 0 Å². The molecule has 2 aromatic rings. The Balaban J connectivity index is 1.48. The van der Waals surface area contributed by atoms with Crippen LogP contribution in [-0.4, -0.2) is 63.7 Å². The Kier molecular flexibility index (Phi) is 6.44. The van der Waals surface area contributed by atoms with Crippen LogP contribution in [0.2, 0.25) is 0 Å². The highest BCUT2D eigenvalue weighted by Gasteiger charge is 2.34. The Morgan fingerprint density at radius 2 is 1.90 bits per heavy atom. The third kappa shape index (κ3) is 5.20. The van der Waals surface area contributed by atoms with Gasteiger partial charge in [-0.05, 0) is 50.2 Å². The molecule has 1 aliphatic rings. The number of carboxylic acid groups (broad SMARTS) is 1. The molecule has 3 rings (SSSR count). The van der Waals surface area contributed by atoms with Gasteiger partial charge in [0.1, 0.15) is 11.5 Å². The van der Waals surface area contributed by atoms with E-state index in [4.69, 9.17) is 14.6 Å². The number of likely N-dealkylation sites (N-methyl/N-ethyl adjacent to an activating group) is 1. The Bertz CT molecular complexity index is 870. The Labute approximate surface area is 176 Å². The van der Waals surface area contributed by atoms with Crippen LogP contribution in [0.1, 0.15) is 26.0 Å². The van der Waals surface area contributed by atoms with E-state index in [1.807, 2.05) is 25.2 Å². The summed E-state index contributed by atoms with van der Waals surface area (Å²) >= 11 is 0. The SMILES string of the molecule is CN1C(=O)N(Cc2ccccn2)CC1CCOc1ccc(OC(C)(C)C(=O)O)cc1. The number of amides is 2. The van der Waals surface area contributed by atoms with Crippen molar-refractivity contribution in [2.24, 2.45) is 0 Å². The molecule has 1 aromatic heterocycles. The molecule has 1 fully saturated rings. The van der Waals surface area contributed by atoms with Gasteiger partial charge in [0.2, 0.25) is 0 Å². The first-order valence-corrected chi connectivity index (χ1v) is 9.83. The number of ether oxygens (including phenoxy) is 2. The minimum Gasteiger partial charge on any atom is -0.494 e. The van der Waals surface area contributed by atoms with Crippen molar-refractivity contribution in [2.75, 3.05) is 20.2 Å². The van der Waals surface area contributed by atoms with Crippen molar-refractivity contribution < 1.29 is 24.2 Å². The van der Waals surface area contributed by atoms with E-state index in [2.05, 4.69) is 4.98 Å². The van der Waals surface area contributed by atoms with Crippen LogP contribution >= 0.6 is 0 Å². The molecular weight excluding hydrogens is 386 g/mol. The predicted molar refractivity (Wildman–Crippen MR) is 110 cm³/mol. The average molecular weight is 413 g/mol. The molecule has 0 spiro atoms. The van der Waals surface area contributed by atoms with Crippen molar-refractivity contribution in [1.29, 1.82) is 0 Å². The first-order chi connectivity index (χ1) is 14.3. The van der Waals surface area contributed by atoms with E-state index in [9.17, 15) is 9.59 Å².